The van der Waals surface area contributed by atoms with Crippen molar-refractivity contribution >= 4 is 23.6 Å². The molecule has 1 aliphatic rings. The molecule has 3 amide bonds. The van der Waals surface area contributed by atoms with Gasteiger partial charge in [-0.2, -0.15) is 0 Å². The maximum Gasteiger partial charge on any atom is 0.410 e. The van der Waals surface area contributed by atoms with Crippen molar-refractivity contribution in [2.75, 3.05) is 25.5 Å². The number of nitrogens with one attached hydrogen (secondary N) is 1. The van der Waals surface area contributed by atoms with Gasteiger partial charge in [-0.15, -0.1) is 0 Å². The Kier molecular flexibility index (Phi) is 8.22. The number of nitrogens with zero attached hydrogens (tertiary/aromatic N) is 3. The third kappa shape index (κ3) is 6.53. The van der Waals surface area contributed by atoms with Crippen LogP contribution in [0.1, 0.15) is 62.3 Å². The van der Waals surface area contributed by atoms with Gasteiger partial charge in [0.15, 0.2) is 5.75 Å². The number of benzene rings is 1. The molecule has 0 spiro atoms. The molecule has 0 unspecified atom stereocenters. The van der Waals surface area contributed by atoms with Crippen LogP contribution in [-0.2, 0) is 4.74 Å². The third-order valence-corrected chi connectivity index (χ3v) is 5.87. The Bertz CT molecular complexity index is 1100. The summed E-state index contributed by atoms with van der Waals surface area (Å²) < 4.78 is 12.0. The number of hydrogen-bond donors (Lipinski definition) is 1. The van der Waals surface area contributed by atoms with Crippen LogP contribution < -0.4 is 10.1 Å². The van der Waals surface area contributed by atoms with Gasteiger partial charge in [0.2, 0.25) is 0 Å². The van der Waals surface area contributed by atoms with E-state index in [0.29, 0.717) is 23.4 Å². The van der Waals surface area contributed by atoms with Crippen molar-refractivity contribution in [3.05, 3.63) is 53.9 Å². The van der Waals surface area contributed by atoms with Gasteiger partial charge in [-0.25, -0.2) is 4.79 Å². The Balaban J connectivity index is 1.98. The molecule has 1 N–H and O–H groups in total. The molecule has 3 rings (SSSR count). The first-order chi connectivity index (χ1) is 16.9. The third-order valence-electron chi connectivity index (χ3n) is 5.87. The largest absolute Gasteiger partial charge is 0.485 e. The predicted molar refractivity (Wildman–Crippen MR) is 137 cm³/mol. The first kappa shape index (κ1) is 27.0. The number of carbonyl (C=O) groups excluding carboxylic acids is 3. The summed E-state index contributed by atoms with van der Waals surface area (Å²) in [6.07, 6.45) is 2.15. The van der Waals surface area contributed by atoms with Gasteiger partial charge in [-0.05, 0) is 58.9 Å². The van der Waals surface area contributed by atoms with E-state index in [0.717, 1.165) is 0 Å². The molecule has 194 valence electrons. The number of likely N-dealkylation sites (N-methyl/N-ethyl adjacent to an activating group) is 1. The first-order valence-corrected chi connectivity index (χ1v) is 12.1. The Hall–Kier alpha value is -3.62. The molecule has 1 aliphatic heterocycles. The molecule has 1 aromatic carbocycles. The molecule has 2 aromatic rings. The lowest BCUT2D eigenvalue weighted by Gasteiger charge is -2.38. The topological polar surface area (TPSA) is 101 Å². The highest BCUT2D eigenvalue weighted by Gasteiger charge is 2.35. The number of anilines is 1. The minimum Gasteiger partial charge on any atom is -0.485 e. The molecular formula is C27H36N4O5. The van der Waals surface area contributed by atoms with Gasteiger partial charge in [-0.1, -0.05) is 13.0 Å². The van der Waals surface area contributed by atoms with Gasteiger partial charge in [-0.3, -0.25) is 14.6 Å². The predicted octanol–water partition coefficient (Wildman–Crippen LogP) is 4.45. The molecule has 0 fully saturated rings. The molecule has 0 aliphatic carbocycles. The number of ether oxygens (including phenoxy) is 2. The lowest BCUT2D eigenvalue weighted by Crippen LogP contribution is -2.49. The lowest BCUT2D eigenvalue weighted by atomic mass is 9.99. The maximum atomic E-state index is 13.5. The minimum atomic E-state index is -0.628. The minimum absolute atomic E-state index is 0.0507. The number of aromatic nitrogens is 1. The summed E-state index contributed by atoms with van der Waals surface area (Å²) in [4.78, 5) is 46.3. The van der Waals surface area contributed by atoms with Crippen LogP contribution in [0.2, 0.25) is 0 Å². The molecule has 1 aromatic heterocycles. The number of amides is 3. The fourth-order valence-corrected chi connectivity index (χ4v) is 3.91. The normalized spacial score (nSPS) is 18.0. The monoisotopic (exact) mass is 496 g/mol. The SMILES string of the molecule is CC(C)N1C[C@@H](C)[C@H](CN(C)C(=O)OC(C)(C)C)Oc2c(NC(=O)c3ccncc3)cccc2C1=O. The molecule has 9 nitrogen and oxygen atoms in total. The van der Waals surface area contributed by atoms with Gasteiger partial charge >= 0.3 is 6.09 Å². The number of pyridine rings is 1. The maximum absolute atomic E-state index is 13.5. The number of rotatable bonds is 5. The Morgan fingerprint density at radius 3 is 2.50 bits per heavy atom. The van der Waals surface area contributed by atoms with Crippen LogP contribution in [0, 0.1) is 5.92 Å². The fourth-order valence-electron chi connectivity index (χ4n) is 3.91. The van der Waals surface area contributed by atoms with E-state index in [1.54, 1.807) is 42.3 Å². The number of hydrogen-bond acceptors (Lipinski definition) is 6. The second-order valence-corrected chi connectivity index (χ2v) is 10.4. The smallest absolute Gasteiger partial charge is 0.410 e. The summed E-state index contributed by atoms with van der Waals surface area (Å²) in [5.74, 6) is -0.353. The molecule has 2 atom stereocenters. The average molecular weight is 497 g/mol. The number of carbonyl (C=O) groups is 3. The van der Waals surface area contributed by atoms with Crippen LogP contribution in [0.15, 0.2) is 42.7 Å². The zero-order valence-electron chi connectivity index (χ0n) is 22.1. The van der Waals surface area contributed by atoms with E-state index in [1.165, 1.54) is 17.3 Å². The molecule has 0 radical (unpaired) electrons. The summed E-state index contributed by atoms with van der Waals surface area (Å²) in [7, 11) is 1.66. The highest BCUT2D eigenvalue weighted by Crippen LogP contribution is 2.35. The second kappa shape index (κ2) is 11.0. The van der Waals surface area contributed by atoms with E-state index in [9.17, 15) is 14.4 Å². The molecule has 0 saturated heterocycles. The Morgan fingerprint density at radius 1 is 1.22 bits per heavy atom. The van der Waals surface area contributed by atoms with E-state index in [-0.39, 0.29) is 36.1 Å². The van der Waals surface area contributed by atoms with Gasteiger partial charge in [0.05, 0.1) is 17.8 Å². The molecule has 0 bridgehead atoms. The van der Waals surface area contributed by atoms with Crippen molar-refractivity contribution in [3.8, 4) is 5.75 Å². The standard InChI is InChI=1S/C27H36N4O5/c1-17(2)31-15-18(3)22(16-30(7)26(34)36-27(4,5)6)35-23-20(25(31)33)9-8-10-21(23)29-24(32)19-11-13-28-14-12-19/h8-14,17-18,22H,15-16H2,1-7H3,(H,29,32)/t18-,22+/m1/s1. The van der Waals surface area contributed by atoms with Crippen molar-refractivity contribution < 1.29 is 23.9 Å². The Labute approximate surface area is 212 Å². The van der Waals surface area contributed by atoms with Crippen molar-refractivity contribution in [2.45, 2.75) is 59.3 Å². The van der Waals surface area contributed by atoms with E-state index >= 15 is 0 Å². The number of fused-ring (bicyclic) bond motifs is 1. The second-order valence-electron chi connectivity index (χ2n) is 10.4. The zero-order chi connectivity index (χ0) is 26.6. The van der Waals surface area contributed by atoms with Crippen molar-refractivity contribution in [3.63, 3.8) is 0 Å². The van der Waals surface area contributed by atoms with Crippen LogP contribution in [0.25, 0.3) is 0 Å². The van der Waals surface area contributed by atoms with Gasteiger partial charge < -0.3 is 24.6 Å². The summed E-state index contributed by atoms with van der Waals surface area (Å²) in [5, 5.41) is 2.87. The van der Waals surface area contributed by atoms with Crippen LogP contribution in [0.4, 0.5) is 10.5 Å². The van der Waals surface area contributed by atoms with Crippen molar-refractivity contribution in [1.29, 1.82) is 0 Å². The van der Waals surface area contributed by atoms with Gasteiger partial charge in [0.1, 0.15) is 11.7 Å². The van der Waals surface area contributed by atoms with Crippen LogP contribution in [0.5, 0.6) is 5.75 Å². The molecule has 0 saturated carbocycles. The zero-order valence-corrected chi connectivity index (χ0v) is 22.1. The van der Waals surface area contributed by atoms with Gasteiger partial charge in [0, 0.05) is 43.5 Å². The highest BCUT2D eigenvalue weighted by atomic mass is 16.6. The van der Waals surface area contributed by atoms with Crippen molar-refractivity contribution in [2.24, 2.45) is 5.92 Å². The molecule has 9 heteroatoms. The van der Waals surface area contributed by atoms with Gasteiger partial charge in [0.25, 0.3) is 11.8 Å². The average Bonchev–Trinajstić information content (AvgIpc) is 2.80. The molecule has 36 heavy (non-hydrogen) atoms. The molecular weight excluding hydrogens is 460 g/mol. The number of para-hydroxylation sites is 1. The van der Waals surface area contributed by atoms with E-state index in [2.05, 4.69) is 10.3 Å². The first-order valence-electron chi connectivity index (χ1n) is 12.1. The van der Waals surface area contributed by atoms with Crippen LogP contribution in [0.3, 0.4) is 0 Å². The summed E-state index contributed by atoms with van der Waals surface area (Å²) in [6.45, 7) is 12.0. The van der Waals surface area contributed by atoms with Crippen LogP contribution >= 0.6 is 0 Å². The lowest BCUT2D eigenvalue weighted by molar-refractivity contribution is 0.0131. The van der Waals surface area contributed by atoms with Crippen molar-refractivity contribution in [1.82, 2.24) is 14.8 Å². The fraction of sp³-hybridized carbons (Fsp3) is 0.481. The molecule has 2 heterocycles. The van der Waals surface area contributed by atoms with E-state index < -0.39 is 17.8 Å². The quantitative estimate of drug-likeness (QED) is 0.656. The summed E-state index contributed by atoms with van der Waals surface area (Å²) in [6, 6.07) is 8.27. The highest BCUT2D eigenvalue weighted by molar-refractivity contribution is 6.07. The van der Waals surface area contributed by atoms with E-state index in [1.807, 2.05) is 41.5 Å². The summed E-state index contributed by atoms with van der Waals surface area (Å²) >= 11 is 0. The van der Waals surface area contributed by atoms with E-state index in [4.69, 9.17) is 9.47 Å². The van der Waals surface area contributed by atoms with Crippen LogP contribution in [-0.4, -0.2) is 70.6 Å². The Morgan fingerprint density at radius 2 is 1.89 bits per heavy atom. The summed E-state index contributed by atoms with van der Waals surface area (Å²) in [5.41, 5.74) is 0.535.